The lowest BCUT2D eigenvalue weighted by Crippen LogP contribution is -2.31. The molecule has 5 nitrogen and oxygen atoms in total. The van der Waals surface area contributed by atoms with Gasteiger partial charge in [-0.1, -0.05) is 296 Å². The number of aromatic nitrogens is 5. The summed E-state index contributed by atoms with van der Waals surface area (Å²) < 4.78 is 11.3. The van der Waals surface area contributed by atoms with Crippen molar-refractivity contribution >= 4 is 129 Å². The van der Waals surface area contributed by atoms with E-state index in [0.29, 0.717) is 11.3 Å². The number of benzene rings is 17. The van der Waals surface area contributed by atoms with Crippen LogP contribution in [0.4, 0.5) is 0 Å². The van der Waals surface area contributed by atoms with Crippen molar-refractivity contribution in [2.24, 2.45) is 46.1 Å². The fourth-order valence-electron chi connectivity index (χ4n) is 22.2. The summed E-state index contributed by atoms with van der Waals surface area (Å²) >= 11 is 0. The van der Waals surface area contributed by atoms with Gasteiger partial charge in [-0.2, -0.15) is 0 Å². The van der Waals surface area contributed by atoms with E-state index >= 15 is 0 Å². The molecule has 0 amide bonds. The van der Waals surface area contributed by atoms with E-state index in [0.717, 1.165) is 12.3 Å². The van der Waals surface area contributed by atoms with Crippen LogP contribution in [0.2, 0.25) is 0 Å². The minimum Gasteiger partial charge on any atom is -0.201 e. The normalized spacial score (nSPS) is 13.5. The van der Waals surface area contributed by atoms with Crippen LogP contribution in [0.5, 0.6) is 0 Å². The maximum absolute atomic E-state index is 2.46. The average molecular weight is 1770 g/mol. The number of rotatable bonds is 8. The van der Waals surface area contributed by atoms with Crippen LogP contribution in [0, 0.1) is 45.4 Å². The molecule has 670 valence electrons. The van der Waals surface area contributed by atoms with Gasteiger partial charge in [0.05, 0.1) is 10.9 Å². The van der Waals surface area contributed by atoms with Gasteiger partial charge in [-0.05, 0) is 308 Å². The molecule has 22 aromatic rings. The van der Waals surface area contributed by atoms with Crippen LogP contribution in [0.1, 0.15) is 142 Å². The molecule has 0 radical (unpaired) electrons. The summed E-state index contributed by atoms with van der Waals surface area (Å²) in [5, 5.41) is 31.4. The molecule has 0 atom stereocenters. The largest absolute Gasteiger partial charge is 0.220 e. The third-order valence-electron chi connectivity index (χ3n) is 29.8. The third-order valence-corrected chi connectivity index (χ3v) is 29.8. The van der Waals surface area contributed by atoms with Gasteiger partial charge in [-0.15, -0.1) is 0 Å². The molecule has 136 heavy (non-hydrogen) atoms. The van der Waals surface area contributed by atoms with Gasteiger partial charge in [-0.3, -0.25) is 0 Å². The van der Waals surface area contributed by atoms with Gasteiger partial charge in [0, 0.05) is 76.2 Å². The second-order valence-corrected chi connectivity index (χ2v) is 41.2. The molecule has 0 N–H and O–H groups in total. The number of pyridine rings is 5. The quantitative estimate of drug-likeness (QED) is 0.107. The van der Waals surface area contributed by atoms with E-state index in [1.54, 1.807) is 0 Å². The summed E-state index contributed by atoms with van der Waals surface area (Å²) in [6.07, 6.45) is 22.9. The summed E-state index contributed by atoms with van der Waals surface area (Å²) in [7, 11) is 10.8. The van der Waals surface area contributed by atoms with Gasteiger partial charge in [-0.25, -0.2) is 22.8 Å². The Morgan fingerprint density at radius 2 is 0.537 bits per heavy atom. The highest BCUT2D eigenvalue weighted by Gasteiger charge is 2.31. The summed E-state index contributed by atoms with van der Waals surface area (Å²) in [4.78, 5) is 0. The first-order valence-electron chi connectivity index (χ1n) is 49.2. The number of hydrogen-bond acceptors (Lipinski definition) is 0. The highest BCUT2D eigenvalue weighted by atomic mass is 14.9. The third kappa shape index (κ3) is 18.3. The maximum atomic E-state index is 2.46. The van der Waals surface area contributed by atoms with E-state index in [9.17, 15) is 0 Å². The predicted molar refractivity (Wildman–Crippen MR) is 578 cm³/mol. The van der Waals surface area contributed by atoms with Crippen LogP contribution >= 0.6 is 0 Å². The van der Waals surface area contributed by atoms with Crippen molar-refractivity contribution in [1.82, 2.24) is 0 Å². The highest BCUT2D eigenvalue weighted by Crippen LogP contribution is 2.45. The Hall–Kier alpha value is -14.4. The Balaban J connectivity index is 0.000000105. The first kappa shape index (κ1) is 89.5. The van der Waals surface area contributed by atoms with Crippen LogP contribution in [0.15, 0.2) is 371 Å². The molecular weight excluding hydrogens is 1640 g/mol. The monoisotopic (exact) mass is 1770 g/mol. The molecule has 2 fully saturated rings. The van der Waals surface area contributed by atoms with Crippen molar-refractivity contribution in [3.8, 4) is 56.3 Å². The number of aryl methyl sites for hydroxylation is 10. The molecule has 5 aromatic heterocycles. The average Bonchev–Trinajstić information content (AvgIpc) is 0.831. The van der Waals surface area contributed by atoms with Gasteiger partial charge in [0.1, 0.15) is 35.2 Å². The van der Waals surface area contributed by atoms with E-state index in [1.807, 2.05) is 0 Å². The zero-order valence-electron chi connectivity index (χ0n) is 82.0. The minimum atomic E-state index is 0.284. The van der Waals surface area contributed by atoms with Gasteiger partial charge in [0.2, 0.25) is 28.5 Å². The number of fused-ring (bicyclic) bond motifs is 17. The lowest BCUT2D eigenvalue weighted by Gasteiger charge is -2.34. The second-order valence-electron chi connectivity index (χ2n) is 41.2. The van der Waals surface area contributed by atoms with E-state index in [1.165, 1.54) is 281 Å². The summed E-state index contributed by atoms with van der Waals surface area (Å²) in [6, 6.07) is 125. The minimum absolute atomic E-state index is 0.284. The molecule has 2 aliphatic carbocycles. The molecule has 2 saturated carbocycles. The van der Waals surface area contributed by atoms with Gasteiger partial charge >= 0.3 is 0 Å². The molecular formula is C131H126N5+5. The molecule has 0 saturated heterocycles. The first-order chi connectivity index (χ1) is 65.9. The molecule has 2 aliphatic rings. The Morgan fingerprint density at radius 1 is 0.250 bits per heavy atom. The lowest BCUT2D eigenvalue weighted by atomic mass is 9.71. The predicted octanol–water partition coefficient (Wildman–Crippen LogP) is 32.2. The van der Waals surface area contributed by atoms with Crippen LogP contribution in [0.3, 0.4) is 0 Å². The standard InChI is InChI=1S/C29H32N.C26H26N.C26H28N.2C25H20N/c1-20-17-24-10-9-22-7-5-6-8-25(22)27(24)19-26(20)28-18-23(13-16-30(28)4)21-11-14-29(2,3)15-12-21;1-18-15-22-12-11-20-9-5-6-10-23(20)25(22)17-24(18)26-16-21(13-14-27(26)2)19-7-3-4-8-19;1-18-14-21-11-10-20-8-6-7-9-22(20)24(21)16-23(18)25-15-19(12-13-27(25)5)17-26(2,3)4;1-17-15-20-12-11-18-7-3-5-9-21(18)24(20)16-23(17)25-22-10-6-4-8-19(22)13-14-26(25)2;1-17-13-20-12-11-18-7-5-6-10-22(18)24(20)15-23(17)25-14-19-8-3-4-9-21(19)16-26(25)2/h5-10,13,16-19,21H,11-12,14-15H2,1-4H3;5-6,9-17,19H,3-4,7-8H2,1-2H3;6-16H,17H2,1-5H3;2*3-16H,1-2H3/q5*+1. The van der Waals surface area contributed by atoms with Crippen molar-refractivity contribution in [3.63, 3.8) is 0 Å². The van der Waals surface area contributed by atoms with E-state index in [-0.39, 0.29) is 5.41 Å². The second kappa shape index (κ2) is 37.5. The number of hydrogen-bond donors (Lipinski definition) is 0. The molecule has 5 heterocycles. The summed E-state index contributed by atoms with van der Waals surface area (Å²) in [6.45, 7) is 22.9. The van der Waals surface area contributed by atoms with Crippen LogP contribution in [-0.2, 0) is 41.7 Å². The van der Waals surface area contributed by atoms with Crippen molar-refractivity contribution in [2.45, 2.75) is 139 Å². The lowest BCUT2D eigenvalue weighted by molar-refractivity contribution is -0.660. The Bertz CT molecular complexity index is 8410. The first-order valence-corrected chi connectivity index (χ1v) is 49.2. The van der Waals surface area contributed by atoms with Gasteiger partial charge in [0.15, 0.2) is 31.0 Å². The van der Waals surface area contributed by atoms with Gasteiger partial charge in [0.25, 0.3) is 0 Å². The van der Waals surface area contributed by atoms with Crippen molar-refractivity contribution < 1.29 is 22.8 Å². The summed E-state index contributed by atoms with van der Waals surface area (Å²) in [5.41, 5.74) is 24.9. The fraction of sp³-hybridized carbons (Fsp3) is 0.214. The fourth-order valence-corrected chi connectivity index (χ4v) is 22.2. The molecule has 0 aliphatic heterocycles. The molecule has 0 spiro atoms. The van der Waals surface area contributed by atoms with E-state index < -0.39 is 0 Å². The zero-order chi connectivity index (χ0) is 93.8. The molecule has 0 bridgehead atoms. The SMILES string of the molecule is Cc1cc2ccc3ccccc3c2cc1-c1c2ccccc2cc[n+]1C.Cc1cc2ccc3ccccc3c2cc1-c1cc(C2CCC(C)(C)CC2)cc[n+]1C.Cc1cc2ccc3ccccc3c2cc1-c1cc(C2CCCC2)cc[n+]1C.Cc1cc2ccc3ccccc3c2cc1-c1cc(CC(C)(C)C)cc[n+]1C.Cc1cc2ccc3ccccc3c2cc1-c1cc2ccccc2c[n+]1C. The Morgan fingerprint density at radius 3 is 0.912 bits per heavy atom. The maximum Gasteiger partial charge on any atom is 0.220 e. The molecule has 0 unspecified atom stereocenters. The topological polar surface area (TPSA) is 19.4 Å². The van der Waals surface area contributed by atoms with E-state index in [2.05, 4.69) is 498 Å². The number of nitrogens with zero attached hydrogens (tertiary/aromatic N) is 5. The molecule has 24 rings (SSSR count). The Kier molecular flexibility index (Phi) is 24.6. The zero-order valence-corrected chi connectivity index (χ0v) is 82.0. The molecule has 5 heteroatoms. The molecule has 17 aromatic carbocycles. The van der Waals surface area contributed by atoms with Crippen LogP contribution < -0.4 is 22.8 Å². The van der Waals surface area contributed by atoms with Crippen LogP contribution in [-0.4, -0.2) is 0 Å². The summed E-state index contributed by atoms with van der Waals surface area (Å²) in [5.74, 6) is 1.44. The van der Waals surface area contributed by atoms with Crippen LogP contribution in [0.25, 0.3) is 186 Å². The van der Waals surface area contributed by atoms with Gasteiger partial charge < -0.3 is 0 Å². The smallest absolute Gasteiger partial charge is 0.201 e. The van der Waals surface area contributed by atoms with E-state index in [4.69, 9.17) is 0 Å². The van der Waals surface area contributed by atoms with Crippen molar-refractivity contribution in [3.05, 3.63) is 415 Å². The van der Waals surface area contributed by atoms with Crippen molar-refractivity contribution in [1.29, 1.82) is 0 Å². The highest BCUT2D eigenvalue weighted by molar-refractivity contribution is 6.14. The Labute approximate surface area is 803 Å². The van der Waals surface area contributed by atoms with Crippen molar-refractivity contribution in [2.75, 3.05) is 0 Å².